The van der Waals surface area contributed by atoms with Gasteiger partial charge in [0.15, 0.2) is 11.4 Å². The van der Waals surface area contributed by atoms with Crippen molar-refractivity contribution in [3.8, 4) is 5.75 Å². The van der Waals surface area contributed by atoms with Crippen LogP contribution < -0.4 is 4.74 Å². The maximum Gasteiger partial charge on any atom is 0.363 e. The van der Waals surface area contributed by atoms with Crippen LogP contribution in [-0.2, 0) is 9.53 Å². The molecule has 0 fully saturated rings. The topological polar surface area (TPSA) is 65.0 Å². The highest BCUT2D eigenvalue weighted by Crippen LogP contribution is 2.36. The third-order valence-electron chi connectivity index (χ3n) is 4.22. The average molecular weight is 545 g/mol. The predicted octanol–water partition coefficient (Wildman–Crippen LogP) is 5.91. The fourth-order valence-corrected chi connectivity index (χ4v) is 4.18. The lowest BCUT2D eigenvalue weighted by atomic mass is 10.2. The maximum atomic E-state index is 13.4. The van der Waals surface area contributed by atoms with Gasteiger partial charge in [0.25, 0.3) is 0 Å². The SMILES string of the molecule is O=C1OC(c2cccc(F)c2)=N/C1=C\c1cc(Br)c(OC(=O)c2ccccc2)c(Br)c1. The first-order chi connectivity index (χ1) is 14.9. The van der Waals surface area contributed by atoms with Crippen molar-refractivity contribution < 1.29 is 23.5 Å². The van der Waals surface area contributed by atoms with Gasteiger partial charge in [0.2, 0.25) is 5.90 Å². The largest absolute Gasteiger partial charge is 0.421 e. The molecule has 0 amide bonds. The first-order valence-corrected chi connectivity index (χ1v) is 10.5. The molecule has 31 heavy (non-hydrogen) atoms. The van der Waals surface area contributed by atoms with Crippen LogP contribution in [0.4, 0.5) is 4.39 Å². The number of aliphatic imine (C=N–C) groups is 1. The zero-order valence-corrected chi connectivity index (χ0v) is 18.8. The van der Waals surface area contributed by atoms with Crippen molar-refractivity contribution in [3.63, 3.8) is 0 Å². The van der Waals surface area contributed by atoms with Gasteiger partial charge in [0.05, 0.1) is 14.5 Å². The van der Waals surface area contributed by atoms with Gasteiger partial charge in [0.1, 0.15) is 5.82 Å². The highest BCUT2D eigenvalue weighted by atomic mass is 79.9. The molecule has 0 saturated heterocycles. The molecule has 0 unspecified atom stereocenters. The second-order valence-corrected chi connectivity index (χ2v) is 8.12. The summed E-state index contributed by atoms with van der Waals surface area (Å²) in [6.45, 7) is 0. The van der Waals surface area contributed by atoms with Gasteiger partial charge in [-0.15, -0.1) is 0 Å². The molecule has 8 heteroatoms. The fraction of sp³-hybridized carbons (Fsp3) is 0. The minimum atomic E-state index is -0.647. The van der Waals surface area contributed by atoms with Crippen LogP contribution in [0.2, 0.25) is 0 Å². The number of cyclic esters (lactones) is 1. The molecule has 0 aromatic heterocycles. The predicted molar refractivity (Wildman–Crippen MR) is 120 cm³/mol. The Labute approximate surface area is 193 Å². The Hall–Kier alpha value is -3.10. The molecule has 4 rings (SSSR count). The van der Waals surface area contributed by atoms with Crippen LogP contribution in [0.15, 0.2) is 86.4 Å². The number of ether oxygens (including phenoxy) is 2. The van der Waals surface area contributed by atoms with E-state index < -0.39 is 17.8 Å². The summed E-state index contributed by atoms with van der Waals surface area (Å²) in [4.78, 5) is 28.7. The molecule has 0 saturated carbocycles. The Kier molecular flexibility index (Phi) is 6.11. The molecule has 3 aromatic carbocycles. The summed E-state index contributed by atoms with van der Waals surface area (Å²) < 4.78 is 25.1. The molecule has 1 aliphatic rings. The monoisotopic (exact) mass is 543 g/mol. The minimum absolute atomic E-state index is 0.0299. The zero-order chi connectivity index (χ0) is 22.0. The van der Waals surface area contributed by atoms with E-state index in [4.69, 9.17) is 9.47 Å². The van der Waals surface area contributed by atoms with Crippen molar-refractivity contribution >= 4 is 55.8 Å². The molecule has 5 nitrogen and oxygen atoms in total. The van der Waals surface area contributed by atoms with E-state index in [1.54, 1.807) is 48.5 Å². The van der Waals surface area contributed by atoms with E-state index >= 15 is 0 Å². The van der Waals surface area contributed by atoms with Crippen LogP contribution in [0.3, 0.4) is 0 Å². The third kappa shape index (κ3) is 4.81. The van der Waals surface area contributed by atoms with Crippen LogP contribution in [-0.4, -0.2) is 17.8 Å². The van der Waals surface area contributed by atoms with Gasteiger partial charge in [-0.2, -0.15) is 0 Å². The van der Waals surface area contributed by atoms with Crippen molar-refractivity contribution in [3.05, 3.63) is 104 Å². The van der Waals surface area contributed by atoms with Gasteiger partial charge in [-0.05, 0) is 86.0 Å². The number of carbonyl (C=O) groups is 2. The molecule has 0 radical (unpaired) electrons. The normalized spacial score (nSPS) is 14.4. The van der Waals surface area contributed by atoms with E-state index in [0.717, 1.165) is 0 Å². The van der Waals surface area contributed by atoms with Gasteiger partial charge in [-0.25, -0.2) is 19.0 Å². The molecule has 1 heterocycles. The number of hydrogen-bond acceptors (Lipinski definition) is 5. The second-order valence-electron chi connectivity index (χ2n) is 6.42. The van der Waals surface area contributed by atoms with Crippen LogP contribution in [0.25, 0.3) is 6.08 Å². The Morgan fingerprint density at radius 1 is 1.00 bits per heavy atom. The van der Waals surface area contributed by atoms with E-state index in [-0.39, 0.29) is 11.6 Å². The summed E-state index contributed by atoms with van der Waals surface area (Å²) in [6, 6.07) is 17.6. The van der Waals surface area contributed by atoms with Crippen molar-refractivity contribution in [2.24, 2.45) is 4.99 Å². The molecule has 0 atom stereocenters. The third-order valence-corrected chi connectivity index (χ3v) is 5.40. The van der Waals surface area contributed by atoms with Crippen LogP contribution >= 0.6 is 31.9 Å². The highest BCUT2D eigenvalue weighted by molar-refractivity contribution is 9.11. The number of rotatable bonds is 4. The van der Waals surface area contributed by atoms with Crippen LogP contribution in [0.5, 0.6) is 5.75 Å². The number of benzene rings is 3. The van der Waals surface area contributed by atoms with Crippen molar-refractivity contribution in [1.29, 1.82) is 0 Å². The van der Waals surface area contributed by atoms with Crippen LogP contribution in [0.1, 0.15) is 21.5 Å². The first kappa shape index (κ1) is 21.1. The molecule has 0 bridgehead atoms. The van der Waals surface area contributed by atoms with E-state index in [9.17, 15) is 14.0 Å². The zero-order valence-electron chi connectivity index (χ0n) is 15.6. The Morgan fingerprint density at radius 2 is 1.71 bits per heavy atom. The van der Waals surface area contributed by atoms with E-state index in [1.165, 1.54) is 24.3 Å². The van der Waals surface area contributed by atoms with E-state index in [1.807, 2.05) is 0 Å². The lowest BCUT2D eigenvalue weighted by Gasteiger charge is -2.10. The second kappa shape index (κ2) is 8.95. The molecule has 154 valence electrons. The summed E-state index contributed by atoms with van der Waals surface area (Å²) in [6.07, 6.45) is 1.52. The lowest BCUT2D eigenvalue weighted by Crippen LogP contribution is -2.09. The highest BCUT2D eigenvalue weighted by Gasteiger charge is 2.25. The molecule has 0 N–H and O–H groups in total. The average Bonchev–Trinajstić information content (AvgIpc) is 3.11. The fourth-order valence-electron chi connectivity index (χ4n) is 2.80. The first-order valence-electron chi connectivity index (χ1n) is 8.95. The van der Waals surface area contributed by atoms with Gasteiger partial charge in [-0.1, -0.05) is 24.3 Å². The quantitative estimate of drug-likeness (QED) is 0.232. The van der Waals surface area contributed by atoms with E-state index in [2.05, 4.69) is 36.9 Å². The summed E-state index contributed by atoms with van der Waals surface area (Å²) in [5.74, 6) is -1.28. The van der Waals surface area contributed by atoms with Crippen molar-refractivity contribution in [2.45, 2.75) is 0 Å². The lowest BCUT2D eigenvalue weighted by molar-refractivity contribution is -0.129. The summed E-state index contributed by atoms with van der Waals surface area (Å²) in [7, 11) is 0. The number of halogens is 3. The smallest absolute Gasteiger partial charge is 0.363 e. The number of hydrogen-bond donors (Lipinski definition) is 0. The summed E-state index contributed by atoms with van der Waals surface area (Å²) >= 11 is 6.78. The minimum Gasteiger partial charge on any atom is -0.421 e. The molecule has 1 aliphatic heterocycles. The van der Waals surface area contributed by atoms with Crippen LogP contribution in [0, 0.1) is 5.82 Å². The van der Waals surface area contributed by atoms with Crippen molar-refractivity contribution in [2.75, 3.05) is 0 Å². The summed E-state index contributed by atoms with van der Waals surface area (Å²) in [5.41, 5.74) is 1.45. The molecule has 3 aromatic rings. The number of esters is 2. The van der Waals surface area contributed by atoms with Gasteiger partial charge < -0.3 is 9.47 Å². The summed E-state index contributed by atoms with van der Waals surface area (Å²) in [5, 5.41) is 0. The Bertz CT molecular complexity index is 1230. The molecule has 0 aliphatic carbocycles. The molecular formula is C23H12Br2FNO4. The maximum absolute atomic E-state index is 13.4. The van der Waals surface area contributed by atoms with E-state index in [0.29, 0.717) is 31.4 Å². The van der Waals surface area contributed by atoms with Gasteiger partial charge >= 0.3 is 11.9 Å². The standard InChI is InChI=1S/C23H12Br2FNO4/c24-17-9-13(10-18(25)20(17)30-22(28)14-5-2-1-3-6-14)11-19-23(29)31-21(27-19)15-7-4-8-16(26)12-15/h1-12H/b19-11-. The Morgan fingerprint density at radius 3 is 2.39 bits per heavy atom. The molecular weight excluding hydrogens is 533 g/mol. The Balaban J connectivity index is 1.60. The van der Waals surface area contributed by atoms with Crippen molar-refractivity contribution in [1.82, 2.24) is 0 Å². The van der Waals surface area contributed by atoms with Gasteiger partial charge in [0, 0.05) is 5.56 Å². The number of carbonyl (C=O) groups excluding carboxylic acids is 2. The molecule has 0 spiro atoms. The number of nitrogens with zero attached hydrogens (tertiary/aromatic N) is 1. The van der Waals surface area contributed by atoms with Gasteiger partial charge in [-0.3, -0.25) is 0 Å².